The minimum Gasteiger partial charge on any atom is -0.489 e. The lowest BCUT2D eigenvalue weighted by Crippen LogP contribution is -2.13. The molecule has 0 aliphatic carbocycles. The predicted molar refractivity (Wildman–Crippen MR) is 80.4 cm³/mol. The van der Waals surface area contributed by atoms with Gasteiger partial charge in [0.15, 0.2) is 5.58 Å². The molecule has 0 saturated carbocycles. The minimum absolute atomic E-state index is 0.122. The zero-order chi connectivity index (χ0) is 15.2. The third-order valence-corrected chi connectivity index (χ3v) is 3.37. The molecule has 4 nitrogen and oxygen atoms in total. The number of aryl methyl sites for hydroxylation is 1. The summed E-state index contributed by atoms with van der Waals surface area (Å²) in [5.41, 5.74) is 0.954. The Balaban J connectivity index is 2.19. The van der Waals surface area contributed by atoms with Crippen LogP contribution in [-0.2, 0) is 6.54 Å². The fourth-order valence-corrected chi connectivity index (χ4v) is 1.97. The molecule has 0 unspecified atom stereocenters. The van der Waals surface area contributed by atoms with Gasteiger partial charge in [0.1, 0.15) is 12.4 Å². The van der Waals surface area contributed by atoms with Gasteiger partial charge in [-0.25, -0.2) is 4.39 Å². The molecule has 21 heavy (non-hydrogen) atoms. The van der Waals surface area contributed by atoms with E-state index in [1.54, 1.807) is 18.2 Å². The monoisotopic (exact) mass is 293 g/mol. The lowest BCUT2D eigenvalue weighted by atomic mass is 10.2. The van der Waals surface area contributed by atoms with Crippen LogP contribution in [0.2, 0.25) is 0 Å². The predicted octanol–water partition coefficient (Wildman–Crippen LogP) is 4.04. The molecule has 5 heteroatoms. The van der Waals surface area contributed by atoms with Gasteiger partial charge in [-0.1, -0.05) is 20.3 Å². The highest BCUT2D eigenvalue weighted by atomic mass is 19.1. The summed E-state index contributed by atoms with van der Waals surface area (Å²) in [6.07, 6.45) is 3.05. The minimum atomic E-state index is -0.122. The van der Waals surface area contributed by atoms with Crippen LogP contribution in [0.15, 0.2) is 39.4 Å². The van der Waals surface area contributed by atoms with E-state index >= 15 is 0 Å². The SMILES string of the molecule is CCCCn1oc2cc(OC/C(=C/F)CC)ccc2c1=O. The van der Waals surface area contributed by atoms with Gasteiger partial charge in [-0.3, -0.25) is 4.79 Å². The number of aromatic nitrogens is 1. The van der Waals surface area contributed by atoms with Crippen LogP contribution in [0.5, 0.6) is 5.75 Å². The number of halogens is 1. The zero-order valence-electron chi connectivity index (χ0n) is 12.4. The number of nitrogens with zero attached hydrogens (tertiary/aromatic N) is 1. The van der Waals surface area contributed by atoms with E-state index in [9.17, 15) is 9.18 Å². The van der Waals surface area contributed by atoms with Crippen LogP contribution in [0.1, 0.15) is 33.1 Å². The second-order valence-corrected chi connectivity index (χ2v) is 4.92. The van der Waals surface area contributed by atoms with Crippen molar-refractivity contribution in [3.05, 3.63) is 40.5 Å². The van der Waals surface area contributed by atoms with Crippen LogP contribution in [0.25, 0.3) is 11.0 Å². The number of ether oxygens (including phenoxy) is 1. The number of hydrogen-bond acceptors (Lipinski definition) is 3. The van der Waals surface area contributed by atoms with E-state index in [0.717, 1.165) is 12.8 Å². The lowest BCUT2D eigenvalue weighted by Gasteiger charge is -2.06. The highest BCUT2D eigenvalue weighted by Crippen LogP contribution is 2.20. The summed E-state index contributed by atoms with van der Waals surface area (Å²) in [6.45, 7) is 4.69. The Bertz CT molecular complexity index is 684. The summed E-state index contributed by atoms with van der Waals surface area (Å²) in [4.78, 5) is 12.1. The van der Waals surface area contributed by atoms with Crippen LogP contribution in [-0.4, -0.2) is 11.3 Å². The highest BCUT2D eigenvalue weighted by Gasteiger charge is 2.10. The molecule has 0 spiro atoms. The first-order chi connectivity index (χ1) is 10.2. The Labute approximate surface area is 122 Å². The van der Waals surface area contributed by atoms with Crippen LogP contribution in [0.4, 0.5) is 4.39 Å². The van der Waals surface area contributed by atoms with Gasteiger partial charge in [0, 0.05) is 6.07 Å². The highest BCUT2D eigenvalue weighted by molar-refractivity contribution is 5.77. The molecular weight excluding hydrogens is 273 g/mol. The van der Waals surface area contributed by atoms with Crippen LogP contribution < -0.4 is 10.3 Å². The summed E-state index contributed by atoms with van der Waals surface area (Å²) in [5.74, 6) is 0.562. The van der Waals surface area contributed by atoms with E-state index in [1.165, 1.54) is 4.74 Å². The molecule has 114 valence electrons. The van der Waals surface area contributed by atoms with Crippen molar-refractivity contribution in [3.63, 3.8) is 0 Å². The van der Waals surface area contributed by atoms with E-state index < -0.39 is 0 Å². The second kappa shape index (κ2) is 7.11. The van der Waals surface area contributed by atoms with E-state index in [1.807, 2.05) is 6.92 Å². The van der Waals surface area contributed by atoms with Crippen LogP contribution >= 0.6 is 0 Å². The molecule has 1 aromatic heterocycles. The van der Waals surface area contributed by atoms with Gasteiger partial charge in [0.25, 0.3) is 5.56 Å². The first-order valence-electron chi connectivity index (χ1n) is 7.24. The first kappa shape index (κ1) is 15.4. The fourth-order valence-electron chi connectivity index (χ4n) is 1.97. The van der Waals surface area contributed by atoms with Crippen molar-refractivity contribution in [2.45, 2.75) is 39.7 Å². The molecule has 0 bridgehead atoms. The Morgan fingerprint density at radius 3 is 2.90 bits per heavy atom. The average molecular weight is 293 g/mol. The largest absolute Gasteiger partial charge is 0.489 e. The maximum atomic E-state index is 12.5. The third kappa shape index (κ3) is 3.54. The quantitative estimate of drug-likeness (QED) is 0.774. The smallest absolute Gasteiger partial charge is 0.290 e. The molecule has 0 N–H and O–H groups in total. The van der Waals surface area contributed by atoms with E-state index in [-0.39, 0.29) is 12.2 Å². The molecule has 0 saturated heterocycles. The van der Waals surface area contributed by atoms with Crippen molar-refractivity contribution >= 4 is 11.0 Å². The molecule has 0 atom stereocenters. The average Bonchev–Trinajstić information content (AvgIpc) is 2.82. The van der Waals surface area contributed by atoms with Crippen molar-refractivity contribution in [2.75, 3.05) is 6.61 Å². The Morgan fingerprint density at radius 2 is 2.24 bits per heavy atom. The molecule has 0 amide bonds. The Hall–Kier alpha value is -2.04. The zero-order valence-corrected chi connectivity index (χ0v) is 12.4. The molecule has 0 fully saturated rings. The lowest BCUT2D eigenvalue weighted by molar-refractivity contribution is 0.276. The van der Waals surface area contributed by atoms with Crippen LogP contribution in [0.3, 0.4) is 0 Å². The maximum absolute atomic E-state index is 12.5. The Morgan fingerprint density at radius 1 is 1.43 bits per heavy atom. The maximum Gasteiger partial charge on any atom is 0.290 e. The number of fused-ring (bicyclic) bond motifs is 1. The third-order valence-electron chi connectivity index (χ3n) is 3.37. The number of unbranched alkanes of at least 4 members (excludes halogenated alkanes) is 1. The molecule has 2 aromatic rings. The van der Waals surface area contributed by atoms with Crippen molar-refractivity contribution in [2.24, 2.45) is 0 Å². The molecule has 2 rings (SSSR count). The molecule has 0 radical (unpaired) electrons. The van der Waals surface area contributed by atoms with Gasteiger partial charge in [-0.15, -0.1) is 0 Å². The molecule has 1 heterocycles. The van der Waals surface area contributed by atoms with Crippen molar-refractivity contribution < 1.29 is 13.7 Å². The van der Waals surface area contributed by atoms with E-state index in [4.69, 9.17) is 9.26 Å². The molecular formula is C16H20FNO3. The van der Waals surface area contributed by atoms with E-state index in [2.05, 4.69) is 6.92 Å². The number of benzene rings is 1. The Kier molecular flexibility index (Phi) is 5.20. The van der Waals surface area contributed by atoms with Crippen molar-refractivity contribution in [1.82, 2.24) is 4.74 Å². The number of hydrogen-bond donors (Lipinski definition) is 0. The van der Waals surface area contributed by atoms with Gasteiger partial charge >= 0.3 is 0 Å². The number of rotatable bonds is 7. The van der Waals surface area contributed by atoms with Crippen LogP contribution in [0, 0.1) is 0 Å². The van der Waals surface area contributed by atoms with Gasteiger partial charge in [-0.05, 0) is 30.5 Å². The molecule has 0 aliphatic heterocycles. The van der Waals surface area contributed by atoms with Gasteiger partial charge in [0.05, 0.1) is 18.3 Å². The summed E-state index contributed by atoms with van der Waals surface area (Å²) >= 11 is 0. The normalized spacial score (nSPS) is 12.0. The second-order valence-electron chi connectivity index (χ2n) is 4.92. The van der Waals surface area contributed by atoms with Gasteiger partial charge in [0.2, 0.25) is 0 Å². The van der Waals surface area contributed by atoms with Crippen molar-refractivity contribution in [1.29, 1.82) is 0 Å². The fraction of sp³-hybridized carbons (Fsp3) is 0.438. The van der Waals surface area contributed by atoms with E-state index in [0.29, 0.717) is 41.6 Å². The first-order valence-corrected chi connectivity index (χ1v) is 7.24. The molecule has 1 aromatic carbocycles. The summed E-state index contributed by atoms with van der Waals surface area (Å²) < 4.78 is 24.9. The summed E-state index contributed by atoms with van der Waals surface area (Å²) in [5, 5.41) is 0.537. The van der Waals surface area contributed by atoms with Gasteiger partial charge < -0.3 is 9.26 Å². The van der Waals surface area contributed by atoms with Crippen molar-refractivity contribution in [3.8, 4) is 5.75 Å². The molecule has 0 aliphatic rings. The summed E-state index contributed by atoms with van der Waals surface area (Å²) in [6, 6.07) is 5.06. The van der Waals surface area contributed by atoms with Gasteiger partial charge in [-0.2, -0.15) is 4.74 Å². The summed E-state index contributed by atoms with van der Waals surface area (Å²) in [7, 11) is 0. The standard InChI is InChI=1S/C16H20FNO3/c1-3-5-8-18-16(19)14-7-6-13(9-15(14)21-18)20-11-12(4-2)10-17/h6-7,9-10H,3-5,8,11H2,1-2H3/b12-10+. The topological polar surface area (TPSA) is 44.4 Å².